The fourth-order valence-corrected chi connectivity index (χ4v) is 2.80. The predicted molar refractivity (Wildman–Crippen MR) is 95.0 cm³/mol. The molecule has 0 radical (unpaired) electrons. The molecule has 0 aromatic carbocycles. The van der Waals surface area contributed by atoms with Crippen LogP contribution in [0.25, 0.3) is 0 Å². The Bertz CT molecular complexity index is 634. The molecule has 0 bridgehead atoms. The number of hydrogen-bond acceptors (Lipinski definition) is 10. The molecule has 0 unspecified atom stereocenters. The van der Waals surface area contributed by atoms with E-state index in [1.807, 2.05) is 0 Å². The molecule has 11 heteroatoms. The van der Waals surface area contributed by atoms with Crippen molar-refractivity contribution in [3.05, 3.63) is 0 Å². The lowest BCUT2D eigenvalue weighted by molar-refractivity contribution is -0.257. The van der Waals surface area contributed by atoms with E-state index >= 15 is 0 Å². The lowest BCUT2D eigenvalue weighted by Crippen LogP contribution is -2.66. The smallest absolute Gasteiger partial charge is 0.303 e. The minimum Gasteiger partial charge on any atom is -0.463 e. The highest BCUT2D eigenvalue weighted by molar-refractivity contribution is 5.76. The van der Waals surface area contributed by atoms with E-state index in [1.54, 1.807) is 6.92 Å². The van der Waals surface area contributed by atoms with Crippen LogP contribution in [0.1, 0.15) is 47.5 Å². The zero-order chi connectivity index (χ0) is 22.1. The summed E-state index contributed by atoms with van der Waals surface area (Å²) in [7, 11) is 0. The maximum atomic E-state index is 12.1. The van der Waals surface area contributed by atoms with Gasteiger partial charge in [-0.25, -0.2) is 0 Å². The number of rotatable bonds is 8. The SMILES string of the molecule is CCCC(=O)N[C@@H]1O[C@H](COC(C)=O)[C@@H](OC(C)=O)[C@H](OC(C)=O)[C@H]1OC(C)=O. The summed E-state index contributed by atoms with van der Waals surface area (Å²) in [6.07, 6.45) is -5.44. The second kappa shape index (κ2) is 11.3. The molecule has 1 aliphatic rings. The van der Waals surface area contributed by atoms with Gasteiger partial charge in [0.2, 0.25) is 5.91 Å². The molecule has 1 saturated heterocycles. The number of esters is 4. The third kappa shape index (κ3) is 8.06. The van der Waals surface area contributed by atoms with Crippen molar-refractivity contribution in [3.8, 4) is 0 Å². The Morgan fingerprint density at radius 1 is 0.793 bits per heavy atom. The van der Waals surface area contributed by atoms with Gasteiger partial charge in [-0.2, -0.15) is 0 Å². The normalized spacial score (nSPS) is 26.0. The molecule has 5 atom stereocenters. The summed E-state index contributed by atoms with van der Waals surface area (Å²) >= 11 is 0. The molecule has 1 N–H and O–H groups in total. The highest BCUT2D eigenvalue weighted by Gasteiger charge is 2.52. The first-order valence-corrected chi connectivity index (χ1v) is 9.15. The van der Waals surface area contributed by atoms with Crippen LogP contribution in [0.3, 0.4) is 0 Å². The van der Waals surface area contributed by atoms with Crippen molar-refractivity contribution in [1.29, 1.82) is 0 Å². The molecule has 0 aliphatic carbocycles. The molecule has 1 heterocycles. The van der Waals surface area contributed by atoms with Crippen LogP contribution in [0.5, 0.6) is 0 Å². The summed E-state index contributed by atoms with van der Waals surface area (Å²) in [6, 6.07) is 0. The zero-order valence-electron chi connectivity index (χ0n) is 17.1. The molecule has 1 rings (SSSR count). The molecule has 1 fully saturated rings. The quantitative estimate of drug-likeness (QED) is 0.423. The van der Waals surface area contributed by atoms with Gasteiger partial charge in [0.25, 0.3) is 0 Å². The van der Waals surface area contributed by atoms with Gasteiger partial charge in [-0.15, -0.1) is 0 Å². The van der Waals surface area contributed by atoms with Crippen molar-refractivity contribution in [2.45, 2.75) is 78.1 Å². The summed E-state index contributed by atoms with van der Waals surface area (Å²) < 4.78 is 26.4. The van der Waals surface area contributed by atoms with Gasteiger partial charge in [-0.1, -0.05) is 6.92 Å². The number of carbonyl (C=O) groups is 5. The maximum absolute atomic E-state index is 12.1. The van der Waals surface area contributed by atoms with Gasteiger partial charge in [0.1, 0.15) is 12.7 Å². The summed E-state index contributed by atoms with van der Waals surface area (Å²) in [5.74, 6) is -3.21. The number of ether oxygens (including phenoxy) is 5. The molecule has 29 heavy (non-hydrogen) atoms. The number of carbonyl (C=O) groups excluding carboxylic acids is 5. The van der Waals surface area contributed by atoms with Crippen molar-refractivity contribution in [3.63, 3.8) is 0 Å². The molecular formula is C18H27NO10. The lowest BCUT2D eigenvalue weighted by Gasteiger charge is -2.44. The standard InChI is InChI=1S/C18H27NO10/c1-6-7-14(24)19-18-17(28-12(5)23)16(27-11(4)22)15(26-10(3)21)13(29-18)8-25-9(2)20/h13,15-18H,6-8H2,1-5H3,(H,19,24)/t13-,15-,16+,17-,18-/m1/s1. The molecule has 0 saturated carbocycles. The van der Waals surface area contributed by atoms with Crippen LogP contribution in [0.2, 0.25) is 0 Å². The van der Waals surface area contributed by atoms with Crippen LogP contribution in [-0.2, 0) is 47.7 Å². The van der Waals surface area contributed by atoms with Crippen LogP contribution in [0.4, 0.5) is 0 Å². The molecular weight excluding hydrogens is 390 g/mol. The van der Waals surface area contributed by atoms with E-state index in [9.17, 15) is 24.0 Å². The van der Waals surface area contributed by atoms with Crippen molar-refractivity contribution in [2.24, 2.45) is 0 Å². The first-order valence-electron chi connectivity index (χ1n) is 9.15. The van der Waals surface area contributed by atoms with Crippen LogP contribution in [0, 0.1) is 0 Å². The molecule has 164 valence electrons. The van der Waals surface area contributed by atoms with Gasteiger partial charge < -0.3 is 29.0 Å². The summed E-state index contributed by atoms with van der Waals surface area (Å²) in [5, 5.41) is 2.56. The van der Waals surface area contributed by atoms with Gasteiger partial charge in [0, 0.05) is 34.1 Å². The third-order valence-corrected chi connectivity index (χ3v) is 3.77. The zero-order valence-corrected chi connectivity index (χ0v) is 17.1. The Labute approximate surface area is 168 Å². The van der Waals surface area contributed by atoms with E-state index in [-0.39, 0.29) is 13.0 Å². The average Bonchev–Trinajstić information content (AvgIpc) is 2.57. The van der Waals surface area contributed by atoms with Crippen molar-refractivity contribution >= 4 is 29.8 Å². The van der Waals surface area contributed by atoms with Gasteiger partial charge in [-0.3, -0.25) is 24.0 Å². The van der Waals surface area contributed by atoms with Crippen molar-refractivity contribution in [1.82, 2.24) is 5.32 Å². The Morgan fingerprint density at radius 3 is 1.79 bits per heavy atom. The topological polar surface area (TPSA) is 144 Å². The van der Waals surface area contributed by atoms with Crippen molar-refractivity contribution in [2.75, 3.05) is 6.61 Å². The van der Waals surface area contributed by atoms with Gasteiger partial charge in [-0.05, 0) is 6.42 Å². The highest BCUT2D eigenvalue weighted by Crippen LogP contribution is 2.28. The van der Waals surface area contributed by atoms with Crippen LogP contribution < -0.4 is 5.32 Å². The Kier molecular flexibility index (Phi) is 9.53. The van der Waals surface area contributed by atoms with Crippen LogP contribution >= 0.6 is 0 Å². The molecule has 0 aromatic heterocycles. The molecule has 1 amide bonds. The minimum atomic E-state index is -1.30. The first kappa shape index (κ1) is 24.3. The van der Waals surface area contributed by atoms with E-state index in [1.165, 1.54) is 6.92 Å². The Hall–Kier alpha value is -2.69. The first-order chi connectivity index (χ1) is 13.5. The summed E-state index contributed by atoms with van der Waals surface area (Å²) in [4.78, 5) is 58.2. The second-order valence-corrected chi connectivity index (χ2v) is 6.44. The predicted octanol–water partition coefficient (Wildman–Crippen LogP) is -0.0142. The van der Waals surface area contributed by atoms with Gasteiger partial charge >= 0.3 is 23.9 Å². The van der Waals surface area contributed by atoms with Crippen LogP contribution in [0.15, 0.2) is 0 Å². The molecule has 0 aromatic rings. The van der Waals surface area contributed by atoms with E-state index in [2.05, 4.69) is 5.32 Å². The summed E-state index contributed by atoms with van der Waals surface area (Å²) in [5.41, 5.74) is 0. The third-order valence-electron chi connectivity index (χ3n) is 3.77. The largest absolute Gasteiger partial charge is 0.463 e. The van der Waals surface area contributed by atoms with E-state index < -0.39 is 60.4 Å². The van der Waals surface area contributed by atoms with E-state index in [4.69, 9.17) is 23.7 Å². The fraction of sp³-hybridized carbons (Fsp3) is 0.722. The molecule has 1 aliphatic heterocycles. The van der Waals surface area contributed by atoms with Gasteiger partial charge in [0.05, 0.1) is 0 Å². The molecule has 0 spiro atoms. The maximum Gasteiger partial charge on any atom is 0.303 e. The number of hydrogen-bond donors (Lipinski definition) is 1. The Morgan fingerprint density at radius 2 is 1.31 bits per heavy atom. The fourth-order valence-electron chi connectivity index (χ4n) is 2.80. The van der Waals surface area contributed by atoms with E-state index in [0.717, 1.165) is 20.8 Å². The monoisotopic (exact) mass is 417 g/mol. The Balaban J connectivity index is 3.29. The minimum absolute atomic E-state index is 0.173. The van der Waals surface area contributed by atoms with Gasteiger partial charge in [0.15, 0.2) is 24.5 Å². The van der Waals surface area contributed by atoms with Crippen LogP contribution in [-0.4, -0.2) is 67.0 Å². The number of amides is 1. The second-order valence-electron chi connectivity index (χ2n) is 6.44. The number of nitrogens with one attached hydrogen (secondary N) is 1. The van der Waals surface area contributed by atoms with E-state index in [0.29, 0.717) is 6.42 Å². The molecule has 11 nitrogen and oxygen atoms in total. The van der Waals surface area contributed by atoms with Crippen molar-refractivity contribution < 1.29 is 47.7 Å². The highest BCUT2D eigenvalue weighted by atomic mass is 16.7. The average molecular weight is 417 g/mol. The summed E-state index contributed by atoms with van der Waals surface area (Å²) in [6.45, 7) is 6.00. The lowest BCUT2D eigenvalue weighted by atomic mass is 9.97.